The molecule has 0 saturated carbocycles. The smallest absolute Gasteiger partial charge is 0.396 e. The number of benzene rings is 1. The molecule has 0 radical (unpaired) electrons. The van der Waals surface area contributed by atoms with Crippen LogP contribution in [0.2, 0.25) is 0 Å². The van der Waals surface area contributed by atoms with Crippen molar-refractivity contribution in [2.24, 2.45) is 0 Å². The Bertz CT molecular complexity index is 326. The monoisotopic (exact) mass is 265 g/mol. The molecule has 0 amide bonds. The molecule has 0 aromatic heterocycles. The summed E-state index contributed by atoms with van der Waals surface area (Å²) in [7, 11) is 0. The molecule has 0 atom stereocenters. The van der Waals surface area contributed by atoms with E-state index in [1.807, 2.05) is 0 Å². The number of nitrogens with one attached hydrogen (secondary N) is 1. The highest BCUT2D eigenvalue weighted by Crippen LogP contribution is 2.36. The van der Waals surface area contributed by atoms with E-state index in [1.54, 1.807) is 12.1 Å². The SMILES string of the molecule is OCCCNCc1ccc(SC(F)(F)F)cc1. The first-order chi connectivity index (χ1) is 8.01. The summed E-state index contributed by atoms with van der Waals surface area (Å²) in [6.45, 7) is 1.42. The molecule has 0 unspecified atom stereocenters. The van der Waals surface area contributed by atoms with Gasteiger partial charge in [-0.3, -0.25) is 0 Å². The molecule has 0 fully saturated rings. The molecule has 1 aromatic carbocycles. The fourth-order valence-corrected chi connectivity index (χ4v) is 1.79. The number of aliphatic hydroxyl groups is 1. The van der Waals surface area contributed by atoms with Crippen molar-refractivity contribution in [1.82, 2.24) is 5.32 Å². The van der Waals surface area contributed by atoms with Crippen LogP contribution >= 0.6 is 11.8 Å². The molecule has 0 spiro atoms. The Labute approximate surface area is 102 Å². The second kappa shape index (κ2) is 6.88. The van der Waals surface area contributed by atoms with Crippen LogP contribution in [0.4, 0.5) is 13.2 Å². The van der Waals surface area contributed by atoms with E-state index in [0.29, 0.717) is 19.5 Å². The van der Waals surface area contributed by atoms with Crippen LogP contribution in [0, 0.1) is 0 Å². The molecule has 0 bridgehead atoms. The zero-order chi connectivity index (χ0) is 12.7. The first kappa shape index (κ1) is 14.3. The Morgan fingerprint density at radius 1 is 1.18 bits per heavy atom. The molecule has 0 heterocycles. The van der Waals surface area contributed by atoms with Crippen molar-refractivity contribution < 1.29 is 18.3 Å². The van der Waals surface area contributed by atoms with Crippen molar-refractivity contribution in [3.8, 4) is 0 Å². The summed E-state index contributed by atoms with van der Waals surface area (Å²) in [5.41, 5.74) is -3.31. The van der Waals surface area contributed by atoms with E-state index in [-0.39, 0.29) is 23.3 Å². The highest BCUT2D eigenvalue weighted by atomic mass is 32.2. The van der Waals surface area contributed by atoms with Gasteiger partial charge in [0.25, 0.3) is 0 Å². The van der Waals surface area contributed by atoms with E-state index >= 15 is 0 Å². The summed E-state index contributed by atoms with van der Waals surface area (Å²) in [6.07, 6.45) is 0.669. The quantitative estimate of drug-likeness (QED) is 0.613. The molecule has 2 N–H and O–H groups in total. The van der Waals surface area contributed by atoms with Gasteiger partial charge in [0.05, 0.1) is 0 Å². The maximum absolute atomic E-state index is 12.1. The average Bonchev–Trinajstić information content (AvgIpc) is 2.25. The van der Waals surface area contributed by atoms with Crippen molar-refractivity contribution >= 4 is 11.8 Å². The lowest BCUT2D eigenvalue weighted by Gasteiger charge is -2.07. The number of thioether (sulfide) groups is 1. The standard InChI is InChI=1S/C11H14F3NOS/c12-11(13,14)17-10-4-2-9(3-5-10)8-15-6-1-7-16/h2-5,15-16H,1,6-8H2. The average molecular weight is 265 g/mol. The van der Waals surface area contributed by atoms with Crippen LogP contribution in [0.5, 0.6) is 0 Å². The molecule has 0 aliphatic heterocycles. The van der Waals surface area contributed by atoms with Crippen LogP contribution in [0.15, 0.2) is 29.2 Å². The molecular weight excluding hydrogens is 251 g/mol. The maximum atomic E-state index is 12.1. The molecule has 1 aromatic rings. The highest BCUT2D eigenvalue weighted by molar-refractivity contribution is 8.00. The van der Waals surface area contributed by atoms with Crippen LogP contribution < -0.4 is 5.32 Å². The van der Waals surface area contributed by atoms with Crippen molar-refractivity contribution in [1.29, 1.82) is 0 Å². The maximum Gasteiger partial charge on any atom is 0.446 e. The van der Waals surface area contributed by atoms with Gasteiger partial charge in [0.2, 0.25) is 0 Å². The van der Waals surface area contributed by atoms with Gasteiger partial charge in [-0.25, -0.2) is 0 Å². The third kappa shape index (κ3) is 6.55. The third-order valence-electron chi connectivity index (χ3n) is 2.00. The number of halogens is 3. The summed E-state index contributed by atoms with van der Waals surface area (Å²) in [4.78, 5) is 0.191. The van der Waals surface area contributed by atoms with Crippen molar-refractivity contribution in [3.05, 3.63) is 29.8 Å². The lowest BCUT2D eigenvalue weighted by molar-refractivity contribution is -0.0328. The topological polar surface area (TPSA) is 32.3 Å². The Morgan fingerprint density at radius 2 is 1.82 bits per heavy atom. The predicted molar refractivity (Wildman–Crippen MR) is 61.8 cm³/mol. The lowest BCUT2D eigenvalue weighted by atomic mass is 10.2. The van der Waals surface area contributed by atoms with Gasteiger partial charge in [-0.05, 0) is 42.4 Å². The Hall–Kier alpha value is -0.720. The number of hydrogen-bond donors (Lipinski definition) is 2. The Balaban J connectivity index is 2.39. The van der Waals surface area contributed by atoms with Gasteiger partial charge < -0.3 is 10.4 Å². The minimum Gasteiger partial charge on any atom is -0.396 e. The molecule has 17 heavy (non-hydrogen) atoms. The second-order valence-corrected chi connectivity index (χ2v) is 4.58. The molecule has 0 aliphatic rings. The van der Waals surface area contributed by atoms with Crippen LogP contribution in [-0.4, -0.2) is 23.8 Å². The van der Waals surface area contributed by atoms with Crippen molar-refractivity contribution in [2.45, 2.75) is 23.4 Å². The van der Waals surface area contributed by atoms with E-state index in [2.05, 4.69) is 5.32 Å². The van der Waals surface area contributed by atoms with Gasteiger partial charge in [0.15, 0.2) is 0 Å². The molecule has 0 aliphatic carbocycles. The van der Waals surface area contributed by atoms with Gasteiger partial charge in [0, 0.05) is 18.0 Å². The van der Waals surface area contributed by atoms with Gasteiger partial charge in [-0.1, -0.05) is 12.1 Å². The van der Waals surface area contributed by atoms with E-state index in [1.165, 1.54) is 12.1 Å². The normalized spacial score (nSPS) is 11.8. The van der Waals surface area contributed by atoms with E-state index in [4.69, 9.17) is 5.11 Å². The van der Waals surface area contributed by atoms with E-state index in [0.717, 1.165) is 5.56 Å². The third-order valence-corrected chi connectivity index (χ3v) is 2.74. The first-order valence-electron chi connectivity index (χ1n) is 5.17. The Kier molecular flexibility index (Phi) is 5.80. The minimum atomic E-state index is -4.24. The fourth-order valence-electron chi connectivity index (χ4n) is 1.25. The van der Waals surface area contributed by atoms with Gasteiger partial charge >= 0.3 is 5.51 Å². The predicted octanol–water partition coefficient (Wildman–Crippen LogP) is 2.77. The van der Waals surface area contributed by atoms with E-state index < -0.39 is 5.51 Å². The van der Waals surface area contributed by atoms with Gasteiger partial charge in [-0.15, -0.1) is 0 Å². The molecule has 6 heteroatoms. The molecule has 1 rings (SSSR count). The zero-order valence-electron chi connectivity index (χ0n) is 9.13. The Morgan fingerprint density at radius 3 is 2.35 bits per heavy atom. The number of hydrogen-bond acceptors (Lipinski definition) is 3. The molecule has 2 nitrogen and oxygen atoms in total. The molecule has 0 saturated heterocycles. The highest BCUT2D eigenvalue weighted by Gasteiger charge is 2.28. The van der Waals surface area contributed by atoms with E-state index in [9.17, 15) is 13.2 Å². The number of rotatable bonds is 6. The van der Waals surface area contributed by atoms with Crippen molar-refractivity contribution in [3.63, 3.8) is 0 Å². The molecule has 96 valence electrons. The first-order valence-corrected chi connectivity index (χ1v) is 5.99. The van der Waals surface area contributed by atoms with Crippen LogP contribution in [0.25, 0.3) is 0 Å². The summed E-state index contributed by atoms with van der Waals surface area (Å²) in [5.74, 6) is 0. The van der Waals surface area contributed by atoms with Crippen LogP contribution in [-0.2, 0) is 6.54 Å². The second-order valence-electron chi connectivity index (χ2n) is 3.45. The summed E-state index contributed by atoms with van der Waals surface area (Å²) >= 11 is -0.112. The summed E-state index contributed by atoms with van der Waals surface area (Å²) in [6, 6.07) is 6.25. The summed E-state index contributed by atoms with van der Waals surface area (Å²) in [5, 5.41) is 11.6. The fraction of sp³-hybridized carbons (Fsp3) is 0.455. The van der Waals surface area contributed by atoms with Crippen LogP contribution in [0.1, 0.15) is 12.0 Å². The number of alkyl halides is 3. The number of aliphatic hydroxyl groups excluding tert-OH is 1. The van der Waals surface area contributed by atoms with Gasteiger partial charge in [-0.2, -0.15) is 13.2 Å². The van der Waals surface area contributed by atoms with Crippen LogP contribution in [0.3, 0.4) is 0 Å². The largest absolute Gasteiger partial charge is 0.446 e. The summed E-state index contributed by atoms with van der Waals surface area (Å²) < 4.78 is 36.2. The molecular formula is C11H14F3NOS. The minimum absolute atomic E-state index is 0.112. The van der Waals surface area contributed by atoms with Gasteiger partial charge in [0.1, 0.15) is 0 Å². The zero-order valence-corrected chi connectivity index (χ0v) is 9.94. The lowest BCUT2D eigenvalue weighted by Crippen LogP contribution is -2.15. The van der Waals surface area contributed by atoms with Crippen molar-refractivity contribution in [2.75, 3.05) is 13.2 Å².